The number of aliphatic imine (C=N–C) groups is 1. The van der Waals surface area contributed by atoms with Gasteiger partial charge in [0.1, 0.15) is 0 Å². The zero-order chi connectivity index (χ0) is 15.9. The van der Waals surface area contributed by atoms with Crippen molar-refractivity contribution in [1.29, 1.82) is 0 Å². The second-order valence-corrected chi connectivity index (χ2v) is 5.52. The number of nitrogens with one attached hydrogen (secondary N) is 1. The van der Waals surface area contributed by atoms with Crippen LogP contribution >= 0.6 is 0 Å². The third-order valence-electron chi connectivity index (χ3n) is 4.11. The normalized spacial score (nSPS) is 16.7. The highest BCUT2D eigenvalue weighted by Crippen LogP contribution is 2.18. The van der Waals surface area contributed by atoms with Gasteiger partial charge in [0.25, 0.3) is 0 Å². The molecule has 1 saturated heterocycles. The molecule has 0 atom stereocenters. The van der Waals surface area contributed by atoms with Crippen LogP contribution in [-0.4, -0.2) is 48.1 Å². The molecule has 1 fully saturated rings. The largest absolute Gasteiger partial charge is 0.466 e. The van der Waals surface area contributed by atoms with Gasteiger partial charge in [0.05, 0.1) is 19.1 Å². The van der Waals surface area contributed by atoms with Crippen LogP contribution in [0.25, 0.3) is 0 Å². The first kappa shape index (κ1) is 16.4. The predicted octanol–water partition coefficient (Wildman–Crippen LogP) is 1.38. The molecule has 6 heteroatoms. The van der Waals surface area contributed by atoms with Crippen LogP contribution in [0.2, 0.25) is 0 Å². The van der Waals surface area contributed by atoms with Gasteiger partial charge < -0.3 is 19.5 Å². The molecule has 1 N–H and O–H groups in total. The van der Waals surface area contributed by atoms with E-state index in [0.717, 1.165) is 38.4 Å². The van der Waals surface area contributed by atoms with Gasteiger partial charge in [-0.3, -0.25) is 9.79 Å². The van der Waals surface area contributed by atoms with Crippen LogP contribution in [0, 0.1) is 5.92 Å². The van der Waals surface area contributed by atoms with E-state index in [9.17, 15) is 4.79 Å². The van der Waals surface area contributed by atoms with E-state index in [-0.39, 0.29) is 11.9 Å². The molecule has 6 nitrogen and oxygen atoms in total. The van der Waals surface area contributed by atoms with Crippen molar-refractivity contribution < 1.29 is 9.53 Å². The molecule has 0 aromatic carbocycles. The Kier molecular flexibility index (Phi) is 5.86. The number of carbonyl (C=O) groups is 1. The molecule has 2 heterocycles. The van der Waals surface area contributed by atoms with Gasteiger partial charge in [0.15, 0.2) is 5.96 Å². The lowest BCUT2D eigenvalue weighted by Crippen LogP contribution is -2.46. The minimum Gasteiger partial charge on any atom is -0.466 e. The summed E-state index contributed by atoms with van der Waals surface area (Å²) in [5.74, 6) is 0.861. The van der Waals surface area contributed by atoms with Gasteiger partial charge in [-0.15, -0.1) is 0 Å². The number of rotatable bonds is 4. The molecule has 22 heavy (non-hydrogen) atoms. The molecule has 0 spiro atoms. The number of hydrogen-bond donors (Lipinski definition) is 1. The van der Waals surface area contributed by atoms with E-state index in [1.54, 1.807) is 7.05 Å². The zero-order valence-electron chi connectivity index (χ0n) is 13.7. The van der Waals surface area contributed by atoms with Crippen LogP contribution in [-0.2, 0) is 23.1 Å². The van der Waals surface area contributed by atoms with Crippen LogP contribution in [0.4, 0.5) is 0 Å². The van der Waals surface area contributed by atoms with Crippen LogP contribution in [0.5, 0.6) is 0 Å². The van der Waals surface area contributed by atoms with Crippen LogP contribution in [0.3, 0.4) is 0 Å². The molecule has 0 unspecified atom stereocenters. The number of likely N-dealkylation sites (tertiary alicyclic amines) is 1. The topological polar surface area (TPSA) is 58.9 Å². The molecular weight excluding hydrogens is 280 g/mol. The smallest absolute Gasteiger partial charge is 0.309 e. The number of hydrogen-bond acceptors (Lipinski definition) is 3. The molecule has 1 aliphatic rings. The first-order chi connectivity index (χ1) is 10.7. The number of piperidine rings is 1. The van der Waals surface area contributed by atoms with E-state index in [2.05, 4.69) is 25.8 Å². The number of guanidine groups is 1. The van der Waals surface area contributed by atoms with Crippen LogP contribution < -0.4 is 5.32 Å². The lowest BCUT2D eigenvalue weighted by atomic mass is 9.97. The third kappa shape index (κ3) is 4.02. The van der Waals surface area contributed by atoms with Gasteiger partial charge in [0, 0.05) is 39.1 Å². The zero-order valence-corrected chi connectivity index (χ0v) is 13.7. The fourth-order valence-electron chi connectivity index (χ4n) is 2.77. The van der Waals surface area contributed by atoms with E-state index in [4.69, 9.17) is 4.74 Å². The Morgan fingerprint density at radius 3 is 2.73 bits per heavy atom. The van der Waals surface area contributed by atoms with E-state index in [1.807, 2.05) is 26.2 Å². The van der Waals surface area contributed by atoms with Crippen LogP contribution in [0.15, 0.2) is 23.3 Å². The second kappa shape index (κ2) is 7.87. The van der Waals surface area contributed by atoms with Gasteiger partial charge in [0.2, 0.25) is 0 Å². The molecule has 0 radical (unpaired) electrons. The first-order valence-corrected chi connectivity index (χ1v) is 7.88. The lowest BCUT2D eigenvalue weighted by molar-refractivity contribution is -0.149. The Balaban J connectivity index is 1.83. The number of aryl methyl sites for hydroxylation is 1. The Hall–Kier alpha value is -1.98. The van der Waals surface area contributed by atoms with E-state index in [0.29, 0.717) is 6.61 Å². The van der Waals surface area contributed by atoms with Crippen molar-refractivity contribution in [3.05, 3.63) is 24.0 Å². The van der Waals surface area contributed by atoms with Crippen molar-refractivity contribution in [1.82, 2.24) is 14.8 Å². The summed E-state index contributed by atoms with van der Waals surface area (Å²) in [4.78, 5) is 18.3. The Bertz CT molecular complexity index is 516. The fraction of sp³-hybridized carbons (Fsp3) is 0.625. The lowest BCUT2D eigenvalue weighted by Gasteiger charge is -2.33. The highest BCUT2D eigenvalue weighted by atomic mass is 16.5. The molecule has 1 aromatic rings. The quantitative estimate of drug-likeness (QED) is 0.519. The molecule has 0 bridgehead atoms. The summed E-state index contributed by atoms with van der Waals surface area (Å²) in [7, 11) is 3.83. The third-order valence-corrected chi connectivity index (χ3v) is 4.11. The van der Waals surface area contributed by atoms with Crippen LogP contribution in [0.1, 0.15) is 25.5 Å². The maximum absolute atomic E-state index is 11.8. The highest BCUT2D eigenvalue weighted by molar-refractivity contribution is 5.80. The number of nitrogens with zero attached hydrogens (tertiary/aromatic N) is 3. The average Bonchev–Trinajstić information content (AvgIpc) is 2.94. The summed E-state index contributed by atoms with van der Waals surface area (Å²) in [6.07, 6.45) is 3.68. The predicted molar refractivity (Wildman–Crippen MR) is 86.5 cm³/mol. The summed E-state index contributed by atoms with van der Waals surface area (Å²) < 4.78 is 7.20. The molecule has 2 rings (SSSR count). The maximum Gasteiger partial charge on any atom is 0.309 e. The Morgan fingerprint density at radius 1 is 1.45 bits per heavy atom. The number of esters is 1. The van der Waals surface area contributed by atoms with Gasteiger partial charge in [-0.1, -0.05) is 0 Å². The SMILES string of the molecule is CCOC(=O)C1CCN(C(=NC)NCc2cccn2C)CC1. The highest BCUT2D eigenvalue weighted by Gasteiger charge is 2.27. The molecular formula is C16H26N4O2. The molecule has 1 aliphatic heterocycles. The summed E-state index contributed by atoms with van der Waals surface area (Å²) in [5, 5.41) is 3.39. The summed E-state index contributed by atoms with van der Waals surface area (Å²) in [5.41, 5.74) is 1.21. The minimum absolute atomic E-state index is 0.0298. The number of carbonyl (C=O) groups excluding carboxylic acids is 1. The molecule has 0 aliphatic carbocycles. The van der Waals surface area contributed by atoms with Crippen molar-refractivity contribution in [3.8, 4) is 0 Å². The molecule has 0 saturated carbocycles. The molecule has 0 amide bonds. The van der Waals surface area contributed by atoms with Gasteiger partial charge >= 0.3 is 5.97 Å². The summed E-state index contributed by atoms with van der Waals surface area (Å²) in [6.45, 7) is 4.71. The maximum atomic E-state index is 11.8. The fourth-order valence-corrected chi connectivity index (χ4v) is 2.77. The van der Waals surface area contributed by atoms with Crippen molar-refractivity contribution >= 4 is 11.9 Å². The van der Waals surface area contributed by atoms with Crippen molar-refractivity contribution in [2.24, 2.45) is 18.0 Å². The Labute approximate surface area is 132 Å². The summed E-state index contributed by atoms with van der Waals surface area (Å²) >= 11 is 0. The monoisotopic (exact) mass is 306 g/mol. The first-order valence-electron chi connectivity index (χ1n) is 7.88. The van der Waals surface area contributed by atoms with Crippen molar-refractivity contribution in [3.63, 3.8) is 0 Å². The summed E-state index contributed by atoms with van der Waals surface area (Å²) in [6, 6.07) is 4.12. The van der Waals surface area contributed by atoms with Gasteiger partial charge in [-0.25, -0.2) is 0 Å². The van der Waals surface area contributed by atoms with E-state index < -0.39 is 0 Å². The minimum atomic E-state index is -0.0612. The number of aromatic nitrogens is 1. The van der Waals surface area contributed by atoms with Gasteiger partial charge in [-0.05, 0) is 31.9 Å². The number of ether oxygens (including phenoxy) is 1. The second-order valence-electron chi connectivity index (χ2n) is 5.52. The molecule has 1 aromatic heterocycles. The van der Waals surface area contributed by atoms with E-state index in [1.165, 1.54) is 5.69 Å². The van der Waals surface area contributed by atoms with E-state index >= 15 is 0 Å². The average molecular weight is 306 g/mol. The Morgan fingerprint density at radius 2 is 2.18 bits per heavy atom. The van der Waals surface area contributed by atoms with Crippen molar-refractivity contribution in [2.45, 2.75) is 26.3 Å². The van der Waals surface area contributed by atoms with Gasteiger partial charge in [-0.2, -0.15) is 0 Å². The van der Waals surface area contributed by atoms with Crippen molar-refractivity contribution in [2.75, 3.05) is 26.7 Å². The molecule has 122 valence electrons. The standard InChI is InChI=1S/C16H26N4O2/c1-4-22-15(21)13-7-10-20(11-8-13)16(17-2)18-12-14-6-5-9-19(14)3/h5-6,9,13H,4,7-8,10-12H2,1-3H3,(H,17,18).